The summed E-state index contributed by atoms with van der Waals surface area (Å²) in [6.07, 6.45) is 2.16. The van der Waals surface area contributed by atoms with Gasteiger partial charge in [0.2, 0.25) is 5.91 Å². The summed E-state index contributed by atoms with van der Waals surface area (Å²) in [5, 5.41) is 6.23. The number of anilines is 1. The number of carbonyl (C=O) groups excluding carboxylic acids is 1. The summed E-state index contributed by atoms with van der Waals surface area (Å²) in [6, 6.07) is 6.42. The first-order valence-corrected chi connectivity index (χ1v) is 7.18. The average molecular weight is 279 g/mol. The molecule has 110 valence electrons. The van der Waals surface area contributed by atoms with Gasteiger partial charge in [-0.05, 0) is 43.7 Å². The lowest BCUT2D eigenvalue weighted by molar-refractivity contribution is -0.117. The van der Waals surface area contributed by atoms with Gasteiger partial charge >= 0.3 is 0 Å². The summed E-state index contributed by atoms with van der Waals surface area (Å²) in [5.74, 6) is -0.341. The molecule has 4 nitrogen and oxygen atoms in total. The third-order valence-corrected chi connectivity index (χ3v) is 3.58. The molecule has 0 saturated carbocycles. The van der Waals surface area contributed by atoms with Gasteiger partial charge in [0.1, 0.15) is 5.82 Å². The lowest BCUT2D eigenvalue weighted by Crippen LogP contribution is -2.44. The summed E-state index contributed by atoms with van der Waals surface area (Å²) in [5.41, 5.74) is 0.638. The molecule has 0 aliphatic carbocycles. The second kappa shape index (κ2) is 7.36. The van der Waals surface area contributed by atoms with Crippen molar-refractivity contribution in [2.75, 3.05) is 31.5 Å². The number of rotatable bonds is 5. The number of halogens is 1. The minimum Gasteiger partial charge on any atom is -0.325 e. The molecule has 2 rings (SSSR count). The Morgan fingerprint density at radius 3 is 2.55 bits per heavy atom. The lowest BCUT2D eigenvalue weighted by Gasteiger charge is -2.31. The number of likely N-dealkylation sites (tertiary alicyclic amines) is 1. The largest absolute Gasteiger partial charge is 0.325 e. The van der Waals surface area contributed by atoms with Crippen LogP contribution in [-0.2, 0) is 4.79 Å². The van der Waals surface area contributed by atoms with E-state index in [1.165, 1.54) is 12.1 Å². The molecule has 1 amide bonds. The maximum atomic E-state index is 12.8. The second-order valence-corrected chi connectivity index (χ2v) is 5.16. The van der Waals surface area contributed by atoms with Gasteiger partial charge in [0.15, 0.2) is 0 Å². The van der Waals surface area contributed by atoms with E-state index >= 15 is 0 Å². The van der Waals surface area contributed by atoms with E-state index in [1.54, 1.807) is 12.1 Å². The van der Waals surface area contributed by atoms with Gasteiger partial charge in [-0.1, -0.05) is 6.92 Å². The highest BCUT2D eigenvalue weighted by Gasteiger charge is 2.19. The van der Waals surface area contributed by atoms with E-state index in [1.807, 2.05) is 0 Å². The molecule has 1 aliphatic heterocycles. The number of carbonyl (C=O) groups is 1. The molecule has 0 spiro atoms. The minimum atomic E-state index is -0.298. The van der Waals surface area contributed by atoms with Crippen LogP contribution in [0.3, 0.4) is 0 Å². The Morgan fingerprint density at radius 2 is 1.95 bits per heavy atom. The van der Waals surface area contributed by atoms with E-state index in [2.05, 4.69) is 22.5 Å². The van der Waals surface area contributed by atoms with Crippen molar-refractivity contribution in [3.8, 4) is 0 Å². The quantitative estimate of drug-likeness (QED) is 0.864. The predicted molar refractivity (Wildman–Crippen MR) is 78.2 cm³/mol. The Kier molecular flexibility index (Phi) is 5.49. The van der Waals surface area contributed by atoms with Crippen LogP contribution < -0.4 is 10.6 Å². The molecule has 2 N–H and O–H groups in total. The van der Waals surface area contributed by atoms with E-state index in [-0.39, 0.29) is 11.7 Å². The molecule has 1 fully saturated rings. The van der Waals surface area contributed by atoms with Crippen LogP contribution in [0.2, 0.25) is 0 Å². The SMILES string of the molecule is CCNC1CCN(CC(=O)Nc2ccc(F)cc2)CC1. The molecule has 1 aromatic carbocycles. The fraction of sp³-hybridized carbons (Fsp3) is 0.533. The summed E-state index contributed by atoms with van der Waals surface area (Å²) >= 11 is 0. The number of nitrogens with one attached hydrogen (secondary N) is 2. The molecule has 1 aliphatic rings. The molecular formula is C15H22FN3O. The van der Waals surface area contributed by atoms with Crippen LogP contribution in [0, 0.1) is 5.82 Å². The number of hydrogen-bond acceptors (Lipinski definition) is 3. The topological polar surface area (TPSA) is 44.4 Å². The van der Waals surface area contributed by atoms with Crippen molar-refractivity contribution in [1.82, 2.24) is 10.2 Å². The predicted octanol–water partition coefficient (Wildman–Crippen LogP) is 1.84. The Labute approximate surface area is 119 Å². The van der Waals surface area contributed by atoms with Crippen molar-refractivity contribution in [1.29, 1.82) is 0 Å². The zero-order valence-corrected chi connectivity index (χ0v) is 11.9. The fourth-order valence-corrected chi connectivity index (χ4v) is 2.52. The molecule has 1 saturated heterocycles. The second-order valence-electron chi connectivity index (χ2n) is 5.16. The van der Waals surface area contributed by atoms with E-state index in [0.717, 1.165) is 32.5 Å². The number of nitrogens with zero attached hydrogens (tertiary/aromatic N) is 1. The molecule has 0 unspecified atom stereocenters. The molecule has 1 aromatic rings. The molecule has 0 aromatic heterocycles. The first-order valence-electron chi connectivity index (χ1n) is 7.18. The standard InChI is InChI=1S/C15H22FN3O/c1-2-17-13-7-9-19(10-8-13)11-15(20)18-14-5-3-12(16)4-6-14/h3-6,13,17H,2,7-11H2,1H3,(H,18,20). The summed E-state index contributed by atoms with van der Waals surface area (Å²) in [4.78, 5) is 14.1. The van der Waals surface area contributed by atoms with Gasteiger partial charge in [0.25, 0.3) is 0 Å². The monoisotopic (exact) mass is 279 g/mol. The van der Waals surface area contributed by atoms with Crippen LogP contribution in [-0.4, -0.2) is 43.0 Å². The van der Waals surface area contributed by atoms with Gasteiger partial charge in [-0.25, -0.2) is 4.39 Å². The molecular weight excluding hydrogens is 257 g/mol. The fourth-order valence-electron chi connectivity index (χ4n) is 2.52. The van der Waals surface area contributed by atoms with Crippen LogP contribution in [0.1, 0.15) is 19.8 Å². The van der Waals surface area contributed by atoms with Gasteiger partial charge in [-0.2, -0.15) is 0 Å². The van der Waals surface area contributed by atoms with Crippen molar-refractivity contribution in [2.45, 2.75) is 25.8 Å². The van der Waals surface area contributed by atoms with Crippen molar-refractivity contribution in [3.05, 3.63) is 30.1 Å². The molecule has 0 bridgehead atoms. The Balaban J connectivity index is 1.74. The zero-order chi connectivity index (χ0) is 14.4. The van der Waals surface area contributed by atoms with Crippen LogP contribution in [0.15, 0.2) is 24.3 Å². The number of piperidine rings is 1. The van der Waals surface area contributed by atoms with E-state index < -0.39 is 0 Å². The minimum absolute atomic E-state index is 0.0430. The van der Waals surface area contributed by atoms with Crippen molar-refractivity contribution in [2.24, 2.45) is 0 Å². The van der Waals surface area contributed by atoms with E-state index in [0.29, 0.717) is 18.3 Å². The Bertz CT molecular complexity index is 427. The smallest absolute Gasteiger partial charge is 0.238 e. The maximum Gasteiger partial charge on any atom is 0.238 e. The summed E-state index contributed by atoms with van der Waals surface area (Å²) < 4.78 is 12.8. The highest BCUT2D eigenvalue weighted by Crippen LogP contribution is 2.11. The third-order valence-electron chi connectivity index (χ3n) is 3.58. The number of hydrogen-bond donors (Lipinski definition) is 2. The Morgan fingerprint density at radius 1 is 1.30 bits per heavy atom. The van der Waals surface area contributed by atoms with E-state index in [4.69, 9.17) is 0 Å². The molecule has 5 heteroatoms. The van der Waals surface area contributed by atoms with Crippen LogP contribution in [0.25, 0.3) is 0 Å². The van der Waals surface area contributed by atoms with Crippen LogP contribution in [0.5, 0.6) is 0 Å². The van der Waals surface area contributed by atoms with Crippen molar-refractivity contribution >= 4 is 11.6 Å². The lowest BCUT2D eigenvalue weighted by atomic mass is 10.1. The molecule has 0 radical (unpaired) electrons. The van der Waals surface area contributed by atoms with Crippen LogP contribution in [0.4, 0.5) is 10.1 Å². The van der Waals surface area contributed by atoms with Gasteiger partial charge < -0.3 is 10.6 Å². The molecule has 1 heterocycles. The van der Waals surface area contributed by atoms with Gasteiger partial charge in [-0.15, -0.1) is 0 Å². The van der Waals surface area contributed by atoms with Crippen molar-refractivity contribution < 1.29 is 9.18 Å². The number of benzene rings is 1. The highest BCUT2D eigenvalue weighted by molar-refractivity contribution is 5.92. The number of amides is 1. The van der Waals surface area contributed by atoms with Crippen LogP contribution >= 0.6 is 0 Å². The summed E-state index contributed by atoms with van der Waals surface area (Å²) in [6.45, 7) is 5.39. The van der Waals surface area contributed by atoms with Gasteiger partial charge in [-0.3, -0.25) is 9.69 Å². The molecule has 20 heavy (non-hydrogen) atoms. The highest BCUT2D eigenvalue weighted by atomic mass is 19.1. The Hall–Kier alpha value is -1.46. The van der Waals surface area contributed by atoms with E-state index in [9.17, 15) is 9.18 Å². The molecule has 0 atom stereocenters. The maximum absolute atomic E-state index is 12.8. The van der Waals surface area contributed by atoms with Gasteiger partial charge in [0, 0.05) is 24.8 Å². The van der Waals surface area contributed by atoms with Gasteiger partial charge in [0.05, 0.1) is 6.54 Å². The first kappa shape index (κ1) is 14.9. The summed E-state index contributed by atoms with van der Waals surface area (Å²) in [7, 11) is 0. The average Bonchev–Trinajstić information content (AvgIpc) is 2.44. The zero-order valence-electron chi connectivity index (χ0n) is 11.9. The first-order chi connectivity index (χ1) is 9.67. The normalized spacial score (nSPS) is 17.1. The van der Waals surface area contributed by atoms with Crippen molar-refractivity contribution in [3.63, 3.8) is 0 Å². The third kappa shape index (κ3) is 4.58.